The largest absolute Gasteiger partial charge is 0.291 e. The molecule has 0 aromatic carbocycles. The molecule has 10 heavy (non-hydrogen) atoms. The summed E-state index contributed by atoms with van der Waals surface area (Å²) in [6.07, 6.45) is 6.49. The van der Waals surface area contributed by atoms with E-state index in [-0.39, 0.29) is 0 Å². The molecule has 0 saturated heterocycles. The monoisotopic (exact) mass is 139 g/mol. The first-order valence-corrected chi connectivity index (χ1v) is 4.36. The first-order valence-electron chi connectivity index (χ1n) is 4.36. The SMILES string of the molecule is CCC[C@H]1CCCC(C)=N1. The number of hydrogen-bond acceptors (Lipinski definition) is 1. The topological polar surface area (TPSA) is 12.4 Å². The summed E-state index contributed by atoms with van der Waals surface area (Å²) in [6.45, 7) is 4.39. The van der Waals surface area contributed by atoms with Gasteiger partial charge in [-0.15, -0.1) is 0 Å². The van der Waals surface area contributed by atoms with Crippen molar-refractivity contribution in [3.63, 3.8) is 0 Å². The molecule has 0 saturated carbocycles. The smallest absolute Gasteiger partial charge is 0.0498 e. The summed E-state index contributed by atoms with van der Waals surface area (Å²) in [4.78, 5) is 4.59. The Morgan fingerprint density at radius 1 is 1.60 bits per heavy atom. The fourth-order valence-corrected chi connectivity index (χ4v) is 1.58. The average Bonchev–Trinajstić information content (AvgIpc) is 1.88. The third kappa shape index (κ3) is 2.13. The van der Waals surface area contributed by atoms with E-state index in [4.69, 9.17) is 0 Å². The second kappa shape index (κ2) is 3.75. The van der Waals surface area contributed by atoms with E-state index in [1.54, 1.807) is 0 Å². The highest BCUT2D eigenvalue weighted by atomic mass is 14.8. The van der Waals surface area contributed by atoms with Crippen LogP contribution in [0.1, 0.15) is 46.0 Å². The van der Waals surface area contributed by atoms with Crippen molar-refractivity contribution in [3.8, 4) is 0 Å². The maximum atomic E-state index is 4.59. The second-order valence-corrected chi connectivity index (χ2v) is 3.20. The van der Waals surface area contributed by atoms with E-state index in [2.05, 4.69) is 18.8 Å². The van der Waals surface area contributed by atoms with Crippen LogP contribution in [-0.4, -0.2) is 11.8 Å². The van der Waals surface area contributed by atoms with Gasteiger partial charge in [-0.1, -0.05) is 13.3 Å². The Hall–Kier alpha value is -0.330. The van der Waals surface area contributed by atoms with Gasteiger partial charge in [-0.3, -0.25) is 4.99 Å². The third-order valence-corrected chi connectivity index (χ3v) is 2.10. The van der Waals surface area contributed by atoms with Crippen molar-refractivity contribution in [1.82, 2.24) is 0 Å². The van der Waals surface area contributed by atoms with Gasteiger partial charge in [0.15, 0.2) is 0 Å². The van der Waals surface area contributed by atoms with Gasteiger partial charge in [0, 0.05) is 11.8 Å². The second-order valence-electron chi connectivity index (χ2n) is 3.20. The maximum Gasteiger partial charge on any atom is 0.0498 e. The Balaban J connectivity index is 2.38. The van der Waals surface area contributed by atoms with Crippen molar-refractivity contribution in [3.05, 3.63) is 0 Å². The van der Waals surface area contributed by atoms with Gasteiger partial charge in [0.05, 0.1) is 0 Å². The molecule has 58 valence electrons. The number of aliphatic imine (C=N–C) groups is 1. The summed E-state index contributed by atoms with van der Waals surface area (Å²) in [5, 5.41) is 0. The van der Waals surface area contributed by atoms with Gasteiger partial charge in [0.25, 0.3) is 0 Å². The van der Waals surface area contributed by atoms with Crippen molar-refractivity contribution in [1.29, 1.82) is 0 Å². The molecule has 0 fully saturated rings. The van der Waals surface area contributed by atoms with Crippen LogP contribution in [0.15, 0.2) is 4.99 Å². The van der Waals surface area contributed by atoms with Crippen LogP contribution in [0.5, 0.6) is 0 Å². The van der Waals surface area contributed by atoms with Gasteiger partial charge in [-0.05, 0) is 32.6 Å². The zero-order valence-electron chi connectivity index (χ0n) is 7.06. The number of hydrogen-bond donors (Lipinski definition) is 0. The summed E-state index contributed by atoms with van der Waals surface area (Å²) >= 11 is 0. The minimum atomic E-state index is 0.666. The molecule has 0 aromatic rings. The highest BCUT2D eigenvalue weighted by molar-refractivity contribution is 5.82. The van der Waals surface area contributed by atoms with Crippen molar-refractivity contribution in [2.45, 2.75) is 52.0 Å². The summed E-state index contributed by atoms with van der Waals surface area (Å²) in [5.74, 6) is 0. The lowest BCUT2D eigenvalue weighted by Gasteiger charge is -2.17. The predicted molar refractivity (Wildman–Crippen MR) is 45.7 cm³/mol. The average molecular weight is 139 g/mol. The Bertz CT molecular complexity index is 127. The molecule has 1 atom stereocenters. The molecule has 0 bridgehead atoms. The molecule has 1 aliphatic heterocycles. The van der Waals surface area contributed by atoms with Gasteiger partial charge in [-0.2, -0.15) is 0 Å². The van der Waals surface area contributed by atoms with E-state index in [0.29, 0.717) is 6.04 Å². The molecule has 0 unspecified atom stereocenters. The minimum Gasteiger partial charge on any atom is -0.291 e. The standard InChI is InChI=1S/C9H17N/c1-3-5-9-7-4-6-8(2)10-9/h9H,3-7H2,1-2H3/t9-/m0/s1. The summed E-state index contributed by atoms with van der Waals surface area (Å²) in [7, 11) is 0. The van der Waals surface area contributed by atoms with Crippen LogP contribution in [0.4, 0.5) is 0 Å². The van der Waals surface area contributed by atoms with Crippen LogP contribution in [-0.2, 0) is 0 Å². The highest BCUT2D eigenvalue weighted by Crippen LogP contribution is 2.16. The first-order chi connectivity index (χ1) is 4.83. The van der Waals surface area contributed by atoms with E-state index in [1.807, 2.05) is 0 Å². The molecule has 1 heteroatoms. The molecule has 1 heterocycles. The van der Waals surface area contributed by atoms with Crippen molar-refractivity contribution in [2.75, 3.05) is 0 Å². The minimum absolute atomic E-state index is 0.666. The molecule has 0 amide bonds. The zero-order valence-corrected chi connectivity index (χ0v) is 7.06. The Morgan fingerprint density at radius 3 is 3.00 bits per heavy atom. The molecule has 0 N–H and O–H groups in total. The first kappa shape index (κ1) is 7.77. The molecular formula is C9H17N. The number of rotatable bonds is 2. The van der Waals surface area contributed by atoms with Crippen LogP contribution in [0.25, 0.3) is 0 Å². The fraction of sp³-hybridized carbons (Fsp3) is 0.889. The summed E-state index contributed by atoms with van der Waals surface area (Å²) in [6, 6.07) is 0.666. The Kier molecular flexibility index (Phi) is 2.91. The summed E-state index contributed by atoms with van der Waals surface area (Å²) in [5.41, 5.74) is 1.37. The molecule has 1 rings (SSSR count). The normalized spacial score (nSPS) is 26.2. The molecule has 0 aliphatic carbocycles. The van der Waals surface area contributed by atoms with Gasteiger partial charge in [0.1, 0.15) is 0 Å². The molecular weight excluding hydrogens is 122 g/mol. The van der Waals surface area contributed by atoms with Crippen molar-refractivity contribution < 1.29 is 0 Å². The van der Waals surface area contributed by atoms with Crippen molar-refractivity contribution in [2.24, 2.45) is 4.99 Å². The van der Waals surface area contributed by atoms with Crippen LogP contribution in [0, 0.1) is 0 Å². The molecule has 1 nitrogen and oxygen atoms in total. The number of nitrogens with zero attached hydrogens (tertiary/aromatic N) is 1. The lowest BCUT2D eigenvalue weighted by Crippen LogP contribution is -2.12. The molecule has 0 radical (unpaired) electrons. The zero-order chi connectivity index (χ0) is 7.40. The van der Waals surface area contributed by atoms with Gasteiger partial charge in [0.2, 0.25) is 0 Å². The van der Waals surface area contributed by atoms with Crippen LogP contribution in [0.2, 0.25) is 0 Å². The fourth-order valence-electron chi connectivity index (χ4n) is 1.58. The van der Waals surface area contributed by atoms with E-state index in [0.717, 1.165) is 0 Å². The Labute approximate surface area is 63.5 Å². The highest BCUT2D eigenvalue weighted by Gasteiger charge is 2.10. The van der Waals surface area contributed by atoms with E-state index >= 15 is 0 Å². The maximum absolute atomic E-state index is 4.59. The van der Waals surface area contributed by atoms with E-state index in [1.165, 1.54) is 37.8 Å². The van der Waals surface area contributed by atoms with E-state index < -0.39 is 0 Å². The quantitative estimate of drug-likeness (QED) is 0.558. The third-order valence-electron chi connectivity index (χ3n) is 2.10. The van der Waals surface area contributed by atoms with Crippen LogP contribution >= 0.6 is 0 Å². The van der Waals surface area contributed by atoms with Crippen molar-refractivity contribution >= 4 is 5.71 Å². The predicted octanol–water partition coefficient (Wildman–Crippen LogP) is 2.80. The molecule has 1 aliphatic rings. The van der Waals surface area contributed by atoms with E-state index in [9.17, 15) is 0 Å². The van der Waals surface area contributed by atoms with Gasteiger partial charge < -0.3 is 0 Å². The summed E-state index contributed by atoms with van der Waals surface area (Å²) < 4.78 is 0. The van der Waals surface area contributed by atoms with Gasteiger partial charge >= 0.3 is 0 Å². The molecule has 0 aromatic heterocycles. The lowest BCUT2D eigenvalue weighted by atomic mass is 10.0. The lowest BCUT2D eigenvalue weighted by molar-refractivity contribution is 0.527. The van der Waals surface area contributed by atoms with Crippen LogP contribution in [0.3, 0.4) is 0 Å². The van der Waals surface area contributed by atoms with Crippen LogP contribution < -0.4 is 0 Å². The molecule has 0 spiro atoms. The Morgan fingerprint density at radius 2 is 2.40 bits per heavy atom. The van der Waals surface area contributed by atoms with Gasteiger partial charge in [-0.25, -0.2) is 0 Å².